The normalized spacial score (nSPS) is 18.2. The number of fused-ring (bicyclic) bond motifs is 1. The van der Waals surface area contributed by atoms with Crippen molar-refractivity contribution in [3.63, 3.8) is 0 Å². The Bertz CT molecular complexity index is 1050. The van der Waals surface area contributed by atoms with Crippen molar-refractivity contribution in [1.82, 2.24) is 16.0 Å². The maximum Gasteiger partial charge on any atom is 0.251 e. The van der Waals surface area contributed by atoms with Crippen LogP contribution in [-0.2, 0) is 22.4 Å². The Morgan fingerprint density at radius 1 is 1.00 bits per heavy atom. The van der Waals surface area contributed by atoms with Gasteiger partial charge in [-0.1, -0.05) is 31.2 Å². The van der Waals surface area contributed by atoms with Crippen LogP contribution in [0.25, 0.3) is 0 Å². The molecule has 2 aromatic rings. The van der Waals surface area contributed by atoms with Crippen LogP contribution in [0.5, 0.6) is 11.5 Å². The number of hydrogen-bond donors (Lipinski definition) is 3. The molecule has 1 unspecified atom stereocenters. The Balaban J connectivity index is 0.000000216. The monoisotopic (exact) mass is 539 g/mol. The van der Waals surface area contributed by atoms with Gasteiger partial charge in [0, 0.05) is 44.2 Å². The third kappa shape index (κ3) is 9.25. The molecule has 8 heteroatoms. The number of rotatable bonds is 11. The average molecular weight is 540 g/mol. The molecule has 2 aromatic carbocycles. The summed E-state index contributed by atoms with van der Waals surface area (Å²) in [4.78, 5) is 24.2. The lowest BCUT2D eigenvalue weighted by molar-refractivity contribution is -0.124. The predicted octanol–water partition coefficient (Wildman–Crippen LogP) is 3.62. The minimum atomic E-state index is -0.121. The number of methoxy groups -OCH3 is 2. The summed E-state index contributed by atoms with van der Waals surface area (Å²) in [5, 5.41) is 9.38. The summed E-state index contributed by atoms with van der Waals surface area (Å²) in [7, 11) is 3.22. The molecule has 1 heterocycles. The van der Waals surface area contributed by atoms with Gasteiger partial charge in [-0.15, -0.1) is 0 Å². The van der Waals surface area contributed by atoms with Gasteiger partial charge in [-0.3, -0.25) is 9.59 Å². The summed E-state index contributed by atoms with van der Waals surface area (Å²) < 4.78 is 15.8. The molecule has 4 rings (SSSR count). The van der Waals surface area contributed by atoms with Gasteiger partial charge in [-0.25, -0.2) is 0 Å². The Morgan fingerprint density at radius 2 is 1.72 bits per heavy atom. The van der Waals surface area contributed by atoms with E-state index in [-0.39, 0.29) is 23.8 Å². The summed E-state index contributed by atoms with van der Waals surface area (Å²) in [6.07, 6.45) is 2.59. The average Bonchev–Trinajstić information content (AvgIpc) is 3.55. The van der Waals surface area contributed by atoms with E-state index in [1.807, 2.05) is 13.8 Å². The molecule has 0 bridgehead atoms. The van der Waals surface area contributed by atoms with Gasteiger partial charge in [-0.2, -0.15) is 0 Å². The molecule has 1 aliphatic heterocycles. The highest BCUT2D eigenvalue weighted by Gasteiger charge is 2.29. The van der Waals surface area contributed by atoms with Crippen molar-refractivity contribution in [3.8, 4) is 11.5 Å². The minimum absolute atomic E-state index is 0.0932. The predicted molar refractivity (Wildman–Crippen MR) is 153 cm³/mol. The Hall–Kier alpha value is -3.10. The molecule has 2 amide bonds. The number of ether oxygens (including phenoxy) is 3. The van der Waals surface area contributed by atoms with Crippen molar-refractivity contribution in [2.45, 2.75) is 46.1 Å². The molecule has 0 aromatic heterocycles. The summed E-state index contributed by atoms with van der Waals surface area (Å²) in [6, 6.07) is 13.7. The van der Waals surface area contributed by atoms with E-state index in [0.29, 0.717) is 42.1 Å². The largest absolute Gasteiger partial charge is 0.493 e. The highest BCUT2D eigenvalue weighted by atomic mass is 16.5. The van der Waals surface area contributed by atoms with Crippen LogP contribution < -0.4 is 25.4 Å². The van der Waals surface area contributed by atoms with E-state index in [9.17, 15) is 9.59 Å². The zero-order chi connectivity index (χ0) is 28.2. The summed E-state index contributed by atoms with van der Waals surface area (Å²) in [6.45, 7) is 10.2. The summed E-state index contributed by atoms with van der Waals surface area (Å²) in [5.41, 5.74) is 3.25. The SMILES string of the molecule is COCCCOc1cc(C(=O)NC(C)C)ccc1OC.C[C@@H]1CNCC1CNC(=O)C1Cc2ccccc2C1. The molecule has 214 valence electrons. The summed E-state index contributed by atoms with van der Waals surface area (Å²) >= 11 is 0. The van der Waals surface area contributed by atoms with E-state index in [4.69, 9.17) is 14.2 Å². The van der Waals surface area contributed by atoms with Crippen LogP contribution >= 0.6 is 0 Å². The first-order valence-electron chi connectivity index (χ1n) is 14.0. The second-order valence-corrected chi connectivity index (χ2v) is 10.7. The Morgan fingerprint density at radius 3 is 2.31 bits per heavy atom. The van der Waals surface area contributed by atoms with Crippen molar-refractivity contribution in [2.24, 2.45) is 17.8 Å². The van der Waals surface area contributed by atoms with E-state index in [0.717, 1.165) is 38.9 Å². The van der Waals surface area contributed by atoms with E-state index < -0.39 is 0 Å². The number of carbonyl (C=O) groups is 2. The number of amides is 2. The lowest BCUT2D eigenvalue weighted by Gasteiger charge is -2.17. The van der Waals surface area contributed by atoms with Gasteiger partial charge in [0.15, 0.2) is 11.5 Å². The highest BCUT2D eigenvalue weighted by molar-refractivity contribution is 5.95. The Kier molecular flexibility index (Phi) is 12.1. The molecule has 0 spiro atoms. The van der Waals surface area contributed by atoms with Gasteiger partial charge in [0.2, 0.25) is 5.91 Å². The molecule has 2 atom stereocenters. The van der Waals surface area contributed by atoms with Crippen molar-refractivity contribution >= 4 is 11.8 Å². The van der Waals surface area contributed by atoms with Crippen molar-refractivity contribution < 1.29 is 23.8 Å². The molecule has 1 aliphatic carbocycles. The van der Waals surface area contributed by atoms with Gasteiger partial charge in [0.25, 0.3) is 5.91 Å². The summed E-state index contributed by atoms with van der Waals surface area (Å²) in [5.74, 6) is 2.69. The topological polar surface area (TPSA) is 97.9 Å². The molecule has 39 heavy (non-hydrogen) atoms. The van der Waals surface area contributed by atoms with E-state index >= 15 is 0 Å². The number of nitrogens with one attached hydrogen (secondary N) is 3. The minimum Gasteiger partial charge on any atom is -0.493 e. The van der Waals surface area contributed by atoms with Crippen LogP contribution in [0.2, 0.25) is 0 Å². The molecular weight excluding hydrogens is 494 g/mol. The van der Waals surface area contributed by atoms with Crippen LogP contribution in [0, 0.1) is 17.8 Å². The lowest BCUT2D eigenvalue weighted by atomic mass is 9.97. The molecule has 0 saturated carbocycles. The van der Waals surface area contributed by atoms with Gasteiger partial charge < -0.3 is 30.2 Å². The lowest BCUT2D eigenvalue weighted by Crippen LogP contribution is -2.36. The van der Waals surface area contributed by atoms with Crippen LogP contribution in [0.3, 0.4) is 0 Å². The maximum atomic E-state index is 12.2. The van der Waals surface area contributed by atoms with E-state index in [2.05, 4.69) is 47.1 Å². The van der Waals surface area contributed by atoms with Crippen LogP contribution in [0.4, 0.5) is 0 Å². The zero-order valence-corrected chi connectivity index (χ0v) is 24.0. The number of benzene rings is 2. The fraction of sp³-hybridized carbons (Fsp3) is 0.548. The first-order chi connectivity index (χ1) is 18.8. The maximum absolute atomic E-state index is 12.2. The van der Waals surface area contributed by atoms with Gasteiger partial charge >= 0.3 is 0 Å². The highest BCUT2D eigenvalue weighted by Crippen LogP contribution is 2.28. The standard InChI is InChI=1S/C16H22N2O.C15H23NO4/c1-11-8-17-9-15(11)10-18-16(19)14-6-12-4-2-3-5-13(12)7-14;1-11(2)16-15(17)12-6-7-13(19-4)14(10-12)20-9-5-8-18-3/h2-5,11,14-15,17H,6-10H2,1H3,(H,18,19);6-7,10-11H,5,8-9H2,1-4H3,(H,16,17)/t11-,15?;/m1./s1. The molecule has 1 fully saturated rings. The first kappa shape index (κ1) is 30.4. The van der Waals surface area contributed by atoms with Crippen LogP contribution in [0.15, 0.2) is 42.5 Å². The molecule has 8 nitrogen and oxygen atoms in total. The van der Waals surface area contributed by atoms with Crippen molar-refractivity contribution in [1.29, 1.82) is 0 Å². The smallest absolute Gasteiger partial charge is 0.251 e. The van der Waals surface area contributed by atoms with Crippen molar-refractivity contribution in [2.75, 3.05) is 47.1 Å². The fourth-order valence-electron chi connectivity index (χ4n) is 4.92. The second kappa shape index (κ2) is 15.5. The van der Waals surface area contributed by atoms with E-state index in [1.165, 1.54) is 11.1 Å². The third-order valence-corrected chi connectivity index (χ3v) is 7.23. The molecule has 0 radical (unpaired) electrons. The molecule has 2 aliphatic rings. The molecule has 3 N–H and O–H groups in total. The molecular formula is C31H45N3O5. The third-order valence-electron chi connectivity index (χ3n) is 7.23. The van der Waals surface area contributed by atoms with Crippen LogP contribution in [-0.4, -0.2) is 64.9 Å². The van der Waals surface area contributed by atoms with E-state index in [1.54, 1.807) is 32.4 Å². The van der Waals surface area contributed by atoms with Gasteiger partial charge in [-0.05, 0) is 80.9 Å². The quantitative estimate of drug-likeness (QED) is 0.378. The van der Waals surface area contributed by atoms with Gasteiger partial charge in [0.05, 0.1) is 13.7 Å². The molecule has 1 saturated heterocycles. The first-order valence-corrected chi connectivity index (χ1v) is 14.0. The zero-order valence-electron chi connectivity index (χ0n) is 24.0. The number of hydrogen-bond acceptors (Lipinski definition) is 6. The second-order valence-electron chi connectivity index (χ2n) is 10.7. The van der Waals surface area contributed by atoms with Gasteiger partial charge in [0.1, 0.15) is 0 Å². The van der Waals surface area contributed by atoms with Crippen molar-refractivity contribution in [3.05, 3.63) is 59.2 Å². The fourth-order valence-corrected chi connectivity index (χ4v) is 4.92. The van der Waals surface area contributed by atoms with Crippen LogP contribution in [0.1, 0.15) is 48.7 Å². The Labute approximate surface area is 233 Å². The number of carbonyl (C=O) groups excluding carboxylic acids is 2.